The van der Waals surface area contributed by atoms with E-state index in [4.69, 9.17) is 0 Å². The molecule has 0 aliphatic carbocycles. The summed E-state index contributed by atoms with van der Waals surface area (Å²) in [7, 11) is 3.82. The lowest BCUT2D eigenvalue weighted by molar-refractivity contribution is 0.0786. The summed E-state index contributed by atoms with van der Waals surface area (Å²) < 4.78 is 0. The Bertz CT molecular complexity index is 321. The van der Waals surface area contributed by atoms with Crippen molar-refractivity contribution in [2.24, 2.45) is 0 Å². The fourth-order valence-corrected chi connectivity index (χ4v) is 2.26. The quantitative estimate of drug-likeness (QED) is 0.602. The third kappa shape index (κ3) is 0.914. The van der Waals surface area contributed by atoms with Gasteiger partial charge in [0.1, 0.15) is 5.00 Å². The highest BCUT2D eigenvalue weighted by Gasteiger charge is 2.25. The van der Waals surface area contributed by atoms with Gasteiger partial charge in [-0.05, 0) is 11.4 Å². The minimum atomic E-state index is 0.129. The Morgan fingerprint density at radius 1 is 1.42 bits per heavy atom. The summed E-state index contributed by atoms with van der Waals surface area (Å²) in [6.45, 7) is 0.687. The summed E-state index contributed by atoms with van der Waals surface area (Å²) in [6.07, 6.45) is 0. The van der Waals surface area contributed by atoms with Crippen molar-refractivity contribution in [1.29, 1.82) is 0 Å². The molecule has 0 unspecified atom stereocenters. The molecule has 0 radical (unpaired) electrons. The summed E-state index contributed by atoms with van der Waals surface area (Å²) in [4.78, 5) is 15.3. The molecule has 64 valence electrons. The second kappa shape index (κ2) is 2.48. The van der Waals surface area contributed by atoms with Gasteiger partial charge in [-0.2, -0.15) is 0 Å². The zero-order valence-corrected chi connectivity index (χ0v) is 7.89. The molecule has 0 saturated carbocycles. The van der Waals surface area contributed by atoms with E-state index in [1.807, 2.05) is 25.5 Å². The fraction of sp³-hybridized carbons (Fsp3) is 0.375. The number of carbonyl (C=O) groups is 1. The molecule has 0 N–H and O–H groups in total. The van der Waals surface area contributed by atoms with Crippen LogP contribution in [-0.2, 0) is 0 Å². The van der Waals surface area contributed by atoms with E-state index in [-0.39, 0.29) is 5.91 Å². The first-order chi connectivity index (χ1) is 5.70. The molecule has 1 aliphatic rings. The molecule has 2 rings (SSSR count). The number of hydrogen-bond donors (Lipinski definition) is 0. The van der Waals surface area contributed by atoms with Crippen LogP contribution in [0.1, 0.15) is 10.4 Å². The Morgan fingerprint density at radius 2 is 2.17 bits per heavy atom. The van der Waals surface area contributed by atoms with Crippen LogP contribution in [0.4, 0.5) is 5.00 Å². The van der Waals surface area contributed by atoms with Gasteiger partial charge in [-0.1, -0.05) is 0 Å². The highest BCUT2D eigenvalue weighted by Crippen LogP contribution is 2.30. The summed E-state index contributed by atoms with van der Waals surface area (Å²) in [5.74, 6) is 0.129. The van der Waals surface area contributed by atoms with Crippen LogP contribution in [0.5, 0.6) is 0 Å². The van der Waals surface area contributed by atoms with E-state index < -0.39 is 0 Å². The molecule has 0 fully saturated rings. The topological polar surface area (TPSA) is 23.6 Å². The first kappa shape index (κ1) is 7.61. The summed E-state index contributed by atoms with van der Waals surface area (Å²) in [5.41, 5.74) is 0.830. The zero-order chi connectivity index (χ0) is 8.72. The lowest BCUT2D eigenvalue weighted by Crippen LogP contribution is -2.41. The smallest absolute Gasteiger partial charge is 0.258 e. The van der Waals surface area contributed by atoms with Crippen LogP contribution in [0.2, 0.25) is 0 Å². The first-order valence-corrected chi connectivity index (χ1v) is 4.62. The molecule has 2 heterocycles. The molecule has 0 spiro atoms. The molecular weight excluding hydrogens is 172 g/mol. The van der Waals surface area contributed by atoms with Gasteiger partial charge < -0.3 is 9.80 Å². The fourth-order valence-electron chi connectivity index (χ4n) is 1.41. The second-order valence-corrected chi connectivity index (χ2v) is 3.88. The van der Waals surface area contributed by atoms with Crippen LogP contribution in [0, 0.1) is 0 Å². The van der Waals surface area contributed by atoms with Crippen molar-refractivity contribution in [1.82, 2.24) is 4.90 Å². The van der Waals surface area contributed by atoms with Crippen molar-refractivity contribution in [3.8, 4) is 0 Å². The number of thiophene rings is 1. The Kier molecular flexibility index (Phi) is 1.58. The van der Waals surface area contributed by atoms with E-state index in [1.54, 1.807) is 16.2 Å². The van der Waals surface area contributed by atoms with Crippen molar-refractivity contribution in [2.75, 3.05) is 25.7 Å². The van der Waals surface area contributed by atoms with Crippen LogP contribution in [0.25, 0.3) is 0 Å². The average Bonchev–Trinajstić information content (AvgIpc) is 2.48. The lowest BCUT2D eigenvalue weighted by atomic mass is 10.2. The summed E-state index contributed by atoms with van der Waals surface area (Å²) >= 11 is 1.62. The third-order valence-electron chi connectivity index (χ3n) is 1.99. The molecule has 0 bridgehead atoms. The van der Waals surface area contributed by atoms with Crippen LogP contribution < -0.4 is 4.90 Å². The largest absolute Gasteiger partial charge is 0.348 e. The molecular formula is C8H10N2OS. The number of carbonyl (C=O) groups excluding carboxylic acids is 1. The standard InChI is InChI=1S/C8H10N2OS/c1-9-5-10(2)8-6(7(9)11)3-4-12-8/h3-4H,5H2,1-2H3. The predicted octanol–water partition coefficient (Wildman–Crippen LogP) is 1.23. The highest BCUT2D eigenvalue weighted by atomic mass is 32.1. The van der Waals surface area contributed by atoms with Gasteiger partial charge >= 0.3 is 0 Å². The van der Waals surface area contributed by atoms with E-state index in [9.17, 15) is 4.79 Å². The van der Waals surface area contributed by atoms with Gasteiger partial charge in [0.2, 0.25) is 0 Å². The molecule has 3 nitrogen and oxygen atoms in total. The Morgan fingerprint density at radius 3 is 2.92 bits per heavy atom. The first-order valence-electron chi connectivity index (χ1n) is 3.74. The van der Waals surface area contributed by atoms with E-state index in [2.05, 4.69) is 4.90 Å². The van der Waals surface area contributed by atoms with E-state index in [1.165, 1.54) is 0 Å². The molecule has 0 atom stereocenters. The second-order valence-electron chi connectivity index (χ2n) is 2.98. The van der Waals surface area contributed by atoms with Crippen molar-refractivity contribution in [3.63, 3.8) is 0 Å². The van der Waals surface area contributed by atoms with Crippen LogP contribution in [-0.4, -0.2) is 31.6 Å². The predicted molar refractivity (Wildman–Crippen MR) is 49.7 cm³/mol. The number of anilines is 1. The number of amides is 1. The SMILES string of the molecule is CN1CN(C)c2sccc2C1=O. The average molecular weight is 182 g/mol. The van der Waals surface area contributed by atoms with Crippen molar-refractivity contribution >= 4 is 22.2 Å². The third-order valence-corrected chi connectivity index (χ3v) is 3.02. The number of fused-ring (bicyclic) bond motifs is 1. The maximum absolute atomic E-state index is 11.5. The summed E-state index contributed by atoms with van der Waals surface area (Å²) in [6, 6.07) is 1.88. The molecule has 0 aromatic carbocycles. The van der Waals surface area contributed by atoms with Gasteiger partial charge in [-0.15, -0.1) is 11.3 Å². The van der Waals surface area contributed by atoms with E-state index >= 15 is 0 Å². The van der Waals surface area contributed by atoms with Crippen molar-refractivity contribution in [3.05, 3.63) is 17.0 Å². The van der Waals surface area contributed by atoms with Crippen molar-refractivity contribution in [2.45, 2.75) is 0 Å². The molecule has 1 aliphatic heterocycles. The van der Waals surface area contributed by atoms with Gasteiger partial charge in [0.05, 0.1) is 12.2 Å². The maximum atomic E-state index is 11.5. The van der Waals surface area contributed by atoms with Gasteiger partial charge in [0.25, 0.3) is 5.91 Å². The molecule has 12 heavy (non-hydrogen) atoms. The highest BCUT2D eigenvalue weighted by molar-refractivity contribution is 7.14. The van der Waals surface area contributed by atoms with Crippen molar-refractivity contribution < 1.29 is 4.79 Å². The number of rotatable bonds is 0. The van der Waals surface area contributed by atoms with Gasteiger partial charge in [-0.25, -0.2) is 0 Å². The monoisotopic (exact) mass is 182 g/mol. The van der Waals surface area contributed by atoms with E-state index in [0.717, 1.165) is 10.6 Å². The molecule has 4 heteroatoms. The minimum Gasteiger partial charge on any atom is -0.348 e. The van der Waals surface area contributed by atoms with Gasteiger partial charge in [0.15, 0.2) is 0 Å². The Labute approximate surface area is 75.2 Å². The molecule has 1 aromatic rings. The normalized spacial score (nSPS) is 16.7. The Hall–Kier alpha value is -1.03. The number of hydrogen-bond acceptors (Lipinski definition) is 3. The molecule has 1 aromatic heterocycles. The van der Waals surface area contributed by atoms with Crippen LogP contribution in [0.15, 0.2) is 11.4 Å². The lowest BCUT2D eigenvalue weighted by Gasteiger charge is -2.30. The maximum Gasteiger partial charge on any atom is 0.258 e. The Balaban J connectivity index is 2.50. The summed E-state index contributed by atoms with van der Waals surface area (Å²) in [5, 5.41) is 3.04. The van der Waals surface area contributed by atoms with Crippen LogP contribution in [0.3, 0.4) is 0 Å². The zero-order valence-electron chi connectivity index (χ0n) is 7.07. The molecule has 0 saturated heterocycles. The van der Waals surface area contributed by atoms with Gasteiger partial charge in [-0.3, -0.25) is 4.79 Å². The van der Waals surface area contributed by atoms with Gasteiger partial charge in [0, 0.05) is 14.1 Å². The minimum absolute atomic E-state index is 0.129. The van der Waals surface area contributed by atoms with Crippen LogP contribution >= 0.6 is 11.3 Å². The molecule has 1 amide bonds. The van der Waals surface area contributed by atoms with E-state index in [0.29, 0.717) is 6.67 Å². The number of nitrogens with zero attached hydrogens (tertiary/aromatic N) is 2.